The van der Waals surface area contributed by atoms with Crippen molar-refractivity contribution in [3.63, 3.8) is 0 Å². The third-order valence-corrected chi connectivity index (χ3v) is 3.65. The summed E-state index contributed by atoms with van der Waals surface area (Å²) in [4.78, 5) is 5.45. The van der Waals surface area contributed by atoms with Gasteiger partial charge in [0.1, 0.15) is 0 Å². The summed E-state index contributed by atoms with van der Waals surface area (Å²) in [5.41, 5.74) is 0. The molecule has 2 nitrogen and oxygen atoms in total. The van der Waals surface area contributed by atoms with Crippen molar-refractivity contribution in [3.8, 4) is 0 Å². The second kappa shape index (κ2) is 5.13. The van der Waals surface area contributed by atoms with Gasteiger partial charge in [-0.15, -0.1) is 0 Å². The summed E-state index contributed by atoms with van der Waals surface area (Å²) >= 11 is 0. The molecule has 2 aliphatic rings. The van der Waals surface area contributed by atoms with E-state index in [4.69, 9.17) is 0 Å². The van der Waals surface area contributed by atoms with Gasteiger partial charge in [0.2, 0.25) is 0 Å². The molecule has 0 amide bonds. The molecule has 1 unspecified atom stereocenters. The summed E-state index contributed by atoms with van der Waals surface area (Å²) < 4.78 is 0. The van der Waals surface area contributed by atoms with Crippen LogP contribution in [0.2, 0.25) is 0 Å². The third-order valence-electron chi connectivity index (χ3n) is 3.65. The molecule has 2 saturated heterocycles. The van der Waals surface area contributed by atoms with E-state index >= 15 is 0 Å². The highest BCUT2D eigenvalue weighted by atomic mass is 15.4. The van der Waals surface area contributed by atoms with Crippen LogP contribution in [0.25, 0.3) is 0 Å². The van der Waals surface area contributed by atoms with E-state index in [1.165, 1.54) is 64.7 Å². The van der Waals surface area contributed by atoms with Crippen LogP contribution in [0.1, 0.15) is 45.4 Å². The number of nitrogens with zero attached hydrogens (tertiary/aromatic N) is 2. The van der Waals surface area contributed by atoms with Crippen molar-refractivity contribution >= 4 is 0 Å². The van der Waals surface area contributed by atoms with Crippen LogP contribution < -0.4 is 0 Å². The molecule has 0 aromatic rings. The predicted molar refractivity (Wildman–Crippen MR) is 60.3 cm³/mol. The summed E-state index contributed by atoms with van der Waals surface area (Å²) in [6.07, 6.45) is 9.23. The fourth-order valence-electron chi connectivity index (χ4n) is 3.00. The zero-order valence-electron chi connectivity index (χ0n) is 9.54. The lowest BCUT2D eigenvalue weighted by atomic mass is 10.1. The van der Waals surface area contributed by atoms with Crippen molar-refractivity contribution in [1.29, 1.82) is 0 Å². The van der Waals surface area contributed by atoms with E-state index in [1.807, 2.05) is 0 Å². The average Bonchev–Trinajstić information content (AvgIpc) is 2.44. The summed E-state index contributed by atoms with van der Waals surface area (Å²) in [7, 11) is 0. The lowest BCUT2D eigenvalue weighted by Crippen LogP contribution is -2.53. The fourth-order valence-corrected chi connectivity index (χ4v) is 3.00. The maximum Gasteiger partial charge on any atom is 0.0622 e. The topological polar surface area (TPSA) is 6.48 Å². The lowest BCUT2D eigenvalue weighted by molar-refractivity contribution is 0.00539. The average molecular weight is 196 g/mol. The zero-order valence-corrected chi connectivity index (χ0v) is 9.54. The van der Waals surface area contributed by atoms with Gasteiger partial charge >= 0.3 is 0 Å². The molecule has 0 saturated carbocycles. The number of hydrogen-bond donors (Lipinski definition) is 0. The quantitative estimate of drug-likeness (QED) is 0.668. The Balaban J connectivity index is 1.97. The molecule has 0 spiro atoms. The van der Waals surface area contributed by atoms with Crippen LogP contribution in [0.4, 0.5) is 0 Å². The Labute approximate surface area is 88.3 Å². The number of rotatable bonds is 2. The molecule has 0 aliphatic carbocycles. The molecule has 0 bridgehead atoms. The molecular formula is C12H24N2. The maximum atomic E-state index is 2.73. The van der Waals surface area contributed by atoms with Crippen LogP contribution in [0, 0.1) is 0 Å². The van der Waals surface area contributed by atoms with Crippen LogP contribution in [-0.2, 0) is 0 Å². The fraction of sp³-hybridized carbons (Fsp3) is 1.00. The molecule has 1 atom stereocenters. The first-order valence-corrected chi connectivity index (χ1v) is 6.40. The lowest BCUT2D eigenvalue weighted by Gasteiger charge is -2.43. The summed E-state index contributed by atoms with van der Waals surface area (Å²) in [6, 6.07) is 0. The van der Waals surface area contributed by atoms with E-state index in [0.717, 1.165) is 6.17 Å². The first-order chi connectivity index (χ1) is 6.92. The highest BCUT2D eigenvalue weighted by Gasteiger charge is 2.28. The second-order valence-corrected chi connectivity index (χ2v) is 4.76. The van der Waals surface area contributed by atoms with E-state index in [9.17, 15) is 0 Å². The van der Waals surface area contributed by atoms with Gasteiger partial charge in [0.25, 0.3) is 0 Å². The minimum absolute atomic E-state index is 0.797. The van der Waals surface area contributed by atoms with Crippen molar-refractivity contribution in [2.24, 2.45) is 0 Å². The van der Waals surface area contributed by atoms with Gasteiger partial charge < -0.3 is 0 Å². The number of fused-ring (bicyclic) bond motifs is 1. The standard InChI is InChI=1S/C12H24N2/c1-2-8-13-10-6-11-14-9-5-3-4-7-12(13)14/h12H,2-11H2,1H3. The van der Waals surface area contributed by atoms with Gasteiger partial charge in [-0.05, 0) is 38.8 Å². The minimum Gasteiger partial charge on any atom is -0.288 e. The SMILES string of the molecule is CCCN1CCCN2CCCCCC12. The first-order valence-electron chi connectivity index (χ1n) is 6.40. The van der Waals surface area contributed by atoms with E-state index in [1.54, 1.807) is 0 Å². The van der Waals surface area contributed by atoms with E-state index in [0.29, 0.717) is 0 Å². The molecule has 0 aromatic carbocycles. The van der Waals surface area contributed by atoms with Gasteiger partial charge in [0, 0.05) is 13.1 Å². The van der Waals surface area contributed by atoms with E-state index in [2.05, 4.69) is 16.7 Å². The molecule has 2 aliphatic heterocycles. The van der Waals surface area contributed by atoms with Crippen LogP contribution in [-0.4, -0.2) is 42.1 Å². The molecule has 2 heteroatoms. The molecule has 2 fully saturated rings. The highest BCUT2D eigenvalue weighted by Crippen LogP contribution is 2.23. The molecule has 2 heterocycles. The van der Waals surface area contributed by atoms with Crippen LogP contribution in [0.5, 0.6) is 0 Å². The predicted octanol–water partition coefficient (Wildman–Crippen LogP) is 2.30. The summed E-state index contributed by atoms with van der Waals surface area (Å²) in [5.74, 6) is 0. The first kappa shape index (κ1) is 10.4. The Morgan fingerprint density at radius 1 is 1.00 bits per heavy atom. The molecule has 82 valence electrons. The Morgan fingerprint density at radius 3 is 2.71 bits per heavy atom. The van der Waals surface area contributed by atoms with Gasteiger partial charge in [-0.2, -0.15) is 0 Å². The summed E-state index contributed by atoms with van der Waals surface area (Å²) in [6.45, 7) is 7.65. The third kappa shape index (κ3) is 2.29. The van der Waals surface area contributed by atoms with Crippen LogP contribution in [0.15, 0.2) is 0 Å². The van der Waals surface area contributed by atoms with E-state index < -0.39 is 0 Å². The van der Waals surface area contributed by atoms with E-state index in [-0.39, 0.29) is 0 Å². The van der Waals surface area contributed by atoms with Crippen molar-refractivity contribution < 1.29 is 0 Å². The number of hydrogen-bond acceptors (Lipinski definition) is 2. The van der Waals surface area contributed by atoms with Crippen molar-refractivity contribution in [2.45, 2.75) is 51.6 Å². The van der Waals surface area contributed by atoms with Gasteiger partial charge in [-0.1, -0.05) is 19.8 Å². The second-order valence-electron chi connectivity index (χ2n) is 4.76. The molecular weight excluding hydrogens is 172 g/mol. The Bertz CT molecular complexity index is 168. The van der Waals surface area contributed by atoms with Crippen molar-refractivity contribution in [3.05, 3.63) is 0 Å². The van der Waals surface area contributed by atoms with Crippen LogP contribution >= 0.6 is 0 Å². The Hall–Kier alpha value is -0.0800. The maximum absolute atomic E-state index is 2.73. The normalized spacial score (nSPS) is 31.1. The monoisotopic (exact) mass is 196 g/mol. The minimum atomic E-state index is 0.797. The molecule has 14 heavy (non-hydrogen) atoms. The highest BCUT2D eigenvalue weighted by molar-refractivity contribution is 4.80. The zero-order chi connectivity index (χ0) is 9.80. The molecule has 0 radical (unpaired) electrons. The molecule has 0 aromatic heterocycles. The Kier molecular flexibility index (Phi) is 3.82. The largest absolute Gasteiger partial charge is 0.288 e. The van der Waals surface area contributed by atoms with Gasteiger partial charge in [0.05, 0.1) is 6.17 Å². The molecule has 0 N–H and O–H groups in total. The smallest absolute Gasteiger partial charge is 0.0622 e. The Morgan fingerprint density at radius 2 is 1.86 bits per heavy atom. The van der Waals surface area contributed by atoms with Crippen molar-refractivity contribution in [1.82, 2.24) is 9.80 Å². The van der Waals surface area contributed by atoms with Crippen LogP contribution in [0.3, 0.4) is 0 Å². The van der Waals surface area contributed by atoms with Gasteiger partial charge in [-0.25, -0.2) is 0 Å². The van der Waals surface area contributed by atoms with Gasteiger partial charge in [0.15, 0.2) is 0 Å². The summed E-state index contributed by atoms with van der Waals surface area (Å²) in [5, 5.41) is 0. The molecule has 2 rings (SSSR count). The van der Waals surface area contributed by atoms with Crippen molar-refractivity contribution in [2.75, 3.05) is 26.2 Å². The van der Waals surface area contributed by atoms with Gasteiger partial charge in [-0.3, -0.25) is 9.80 Å².